The fraction of sp³-hybridized carbons (Fsp3) is 0.100. The normalized spacial score (nSPS) is 8.93. The number of phenolic OH excluding ortho intramolecular Hbond substituents is 1. The van der Waals surface area contributed by atoms with Crippen LogP contribution < -0.4 is 5.73 Å². The molecule has 0 aliphatic rings. The van der Waals surface area contributed by atoms with Crippen LogP contribution in [-0.4, -0.2) is 11.0 Å². The lowest BCUT2D eigenvalue weighted by molar-refractivity contribution is -0.117. The van der Waals surface area contributed by atoms with E-state index in [1.165, 1.54) is 6.07 Å². The Morgan fingerprint density at radius 1 is 1.57 bits per heavy atom. The Labute approximate surface area is 86.5 Å². The number of halogens is 1. The molecular formula is C10H8ClNO2. The van der Waals surface area contributed by atoms with Gasteiger partial charge in [0.1, 0.15) is 5.75 Å². The van der Waals surface area contributed by atoms with Crippen LogP contribution in [0.3, 0.4) is 0 Å². The molecule has 0 radical (unpaired) electrons. The number of aromatic hydroxyl groups is 1. The first-order valence-corrected chi connectivity index (χ1v) is 4.23. The summed E-state index contributed by atoms with van der Waals surface area (Å²) in [5.74, 6) is 4.67. The van der Waals surface area contributed by atoms with E-state index in [9.17, 15) is 9.90 Å². The smallest absolute Gasteiger partial charge is 0.229 e. The van der Waals surface area contributed by atoms with Crippen LogP contribution in [-0.2, 0) is 4.79 Å². The Morgan fingerprint density at radius 3 is 2.93 bits per heavy atom. The highest BCUT2D eigenvalue weighted by Gasteiger charge is 2.01. The number of nitrogens with two attached hydrogens (primary N) is 1. The second kappa shape index (κ2) is 4.54. The van der Waals surface area contributed by atoms with Crippen molar-refractivity contribution in [1.29, 1.82) is 0 Å². The summed E-state index contributed by atoms with van der Waals surface area (Å²) in [5, 5.41) is 9.40. The summed E-state index contributed by atoms with van der Waals surface area (Å²) < 4.78 is 0. The zero-order chi connectivity index (χ0) is 10.6. The molecule has 4 heteroatoms. The van der Waals surface area contributed by atoms with Crippen LogP contribution in [0.4, 0.5) is 0 Å². The van der Waals surface area contributed by atoms with Gasteiger partial charge in [-0.25, -0.2) is 0 Å². The van der Waals surface area contributed by atoms with E-state index >= 15 is 0 Å². The number of benzene rings is 1. The lowest BCUT2D eigenvalue weighted by Gasteiger charge is -1.97. The van der Waals surface area contributed by atoms with Crippen molar-refractivity contribution in [2.45, 2.75) is 6.42 Å². The molecule has 14 heavy (non-hydrogen) atoms. The Hall–Kier alpha value is -1.66. The van der Waals surface area contributed by atoms with Crippen molar-refractivity contribution in [3.8, 4) is 17.6 Å². The van der Waals surface area contributed by atoms with E-state index in [1.807, 2.05) is 0 Å². The number of rotatable bonds is 1. The molecule has 0 fully saturated rings. The second-order valence-corrected chi connectivity index (χ2v) is 2.96. The fourth-order valence-electron chi connectivity index (χ4n) is 0.843. The molecule has 0 aliphatic carbocycles. The van der Waals surface area contributed by atoms with Crippen molar-refractivity contribution >= 4 is 17.5 Å². The third-order valence-corrected chi connectivity index (χ3v) is 1.86. The van der Waals surface area contributed by atoms with Gasteiger partial charge >= 0.3 is 0 Å². The van der Waals surface area contributed by atoms with Crippen LogP contribution >= 0.6 is 11.6 Å². The number of carbonyl (C=O) groups is 1. The van der Waals surface area contributed by atoms with Gasteiger partial charge in [0.25, 0.3) is 0 Å². The quantitative estimate of drug-likeness (QED) is 0.685. The molecule has 0 atom stereocenters. The molecule has 3 N–H and O–H groups in total. The summed E-state index contributed by atoms with van der Waals surface area (Å²) in [7, 11) is 0. The van der Waals surface area contributed by atoms with Gasteiger partial charge in [-0.3, -0.25) is 4.79 Å². The molecule has 0 unspecified atom stereocenters. The van der Waals surface area contributed by atoms with Gasteiger partial charge in [-0.1, -0.05) is 29.5 Å². The number of amides is 1. The van der Waals surface area contributed by atoms with E-state index in [0.29, 0.717) is 5.56 Å². The maximum atomic E-state index is 10.4. The SMILES string of the molecule is NC(=O)CC#Cc1cccc(O)c1Cl. The highest BCUT2D eigenvalue weighted by atomic mass is 35.5. The Balaban J connectivity index is 2.90. The summed E-state index contributed by atoms with van der Waals surface area (Å²) in [6, 6.07) is 4.73. The minimum Gasteiger partial charge on any atom is -0.506 e. The maximum absolute atomic E-state index is 10.4. The van der Waals surface area contributed by atoms with Gasteiger partial charge in [0.2, 0.25) is 5.91 Å². The minimum absolute atomic E-state index is 0.0218. The first-order chi connectivity index (χ1) is 6.61. The minimum atomic E-state index is -0.492. The van der Waals surface area contributed by atoms with Gasteiger partial charge in [-0.05, 0) is 12.1 Å². The topological polar surface area (TPSA) is 63.3 Å². The molecule has 3 nitrogen and oxygen atoms in total. The molecule has 0 spiro atoms. The third-order valence-electron chi connectivity index (χ3n) is 1.46. The lowest BCUT2D eigenvalue weighted by atomic mass is 10.2. The van der Waals surface area contributed by atoms with Gasteiger partial charge in [-0.2, -0.15) is 0 Å². The van der Waals surface area contributed by atoms with Gasteiger partial charge in [-0.15, -0.1) is 0 Å². The molecule has 1 aromatic rings. The molecule has 0 bridgehead atoms. The predicted octanol–water partition coefficient (Wildman–Crippen LogP) is 1.27. The molecular weight excluding hydrogens is 202 g/mol. The average Bonchev–Trinajstić information content (AvgIpc) is 2.12. The van der Waals surface area contributed by atoms with Crippen molar-refractivity contribution in [2.24, 2.45) is 5.73 Å². The molecule has 72 valence electrons. The zero-order valence-electron chi connectivity index (χ0n) is 7.25. The number of carbonyl (C=O) groups excluding carboxylic acids is 1. The number of hydrogen-bond acceptors (Lipinski definition) is 2. The predicted molar refractivity (Wildman–Crippen MR) is 53.8 cm³/mol. The van der Waals surface area contributed by atoms with Crippen LogP contribution in [0, 0.1) is 11.8 Å². The Bertz CT molecular complexity index is 418. The highest BCUT2D eigenvalue weighted by Crippen LogP contribution is 2.25. The Morgan fingerprint density at radius 2 is 2.29 bits per heavy atom. The molecule has 1 rings (SSSR count). The first kappa shape index (κ1) is 10.4. The van der Waals surface area contributed by atoms with E-state index in [1.54, 1.807) is 12.1 Å². The van der Waals surface area contributed by atoms with Crippen molar-refractivity contribution in [2.75, 3.05) is 0 Å². The number of primary amides is 1. The number of hydrogen-bond donors (Lipinski definition) is 2. The van der Waals surface area contributed by atoms with Crippen LogP contribution in [0.15, 0.2) is 18.2 Å². The van der Waals surface area contributed by atoms with Gasteiger partial charge in [0.15, 0.2) is 0 Å². The summed E-state index contributed by atoms with van der Waals surface area (Å²) in [6.45, 7) is 0. The standard InChI is InChI=1S/C10H8ClNO2/c11-10-7(3-1-5-8(10)13)4-2-6-9(12)14/h1,3,5,13H,6H2,(H2,12,14). The van der Waals surface area contributed by atoms with Crippen molar-refractivity contribution < 1.29 is 9.90 Å². The molecule has 0 aromatic heterocycles. The van der Waals surface area contributed by atoms with E-state index < -0.39 is 5.91 Å². The largest absolute Gasteiger partial charge is 0.506 e. The van der Waals surface area contributed by atoms with E-state index in [4.69, 9.17) is 17.3 Å². The summed E-state index contributed by atoms with van der Waals surface area (Å²) >= 11 is 5.74. The van der Waals surface area contributed by atoms with Gasteiger partial charge in [0.05, 0.1) is 11.4 Å². The first-order valence-electron chi connectivity index (χ1n) is 3.86. The van der Waals surface area contributed by atoms with E-state index in [2.05, 4.69) is 11.8 Å². The maximum Gasteiger partial charge on any atom is 0.229 e. The van der Waals surface area contributed by atoms with Crippen LogP contribution in [0.25, 0.3) is 0 Å². The van der Waals surface area contributed by atoms with Crippen molar-refractivity contribution in [1.82, 2.24) is 0 Å². The van der Waals surface area contributed by atoms with Crippen molar-refractivity contribution in [3.63, 3.8) is 0 Å². The average molecular weight is 210 g/mol. The molecule has 1 aromatic carbocycles. The fourth-order valence-corrected chi connectivity index (χ4v) is 1.02. The monoisotopic (exact) mass is 209 g/mol. The van der Waals surface area contributed by atoms with E-state index in [0.717, 1.165) is 0 Å². The van der Waals surface area contributed by atoms with Gasteiger partial charge in [0, 0.05) is 5.56 Å². The second-order valence-electron chi connectivity index (χ2n) is 2.58. The molecule has 0 saturated carbocycles. The highest BCUT2D eigenvalue weighted by molar-refractivity contribution is 6.33. The number of phenols is 1. The summed E-state index contributed by atoms with van der Waals surface area (Å²) in [5.41, 5.74) is 5.38. The molecule has 0 saturated heterocycles. The molecule has 0 aliphatic heterocycles. The van der Waals surface area contributed by atoms with Crippen LogP contribution in [0.2, 0.25) is 5.02 Å². The Kier molecular flexibility index (Phi) is 3.38. The van der Waals surface area contributed by atoms with E-state index in [-0.39, 0.29) is 17.2 Å². The zero-order valence-corrected chi connectivity index (χ0v) is 8.01. The third kappa shape index (κ3) is 2.68. The lowest BCUT2D eigenvalue weighted by Crippen LogP contribution is -2.08. The van der Waals surface area contributed by atoms with Crippen molar-refractivity contribution in [3.05, 3.63) is 28.8 Å². The van der Waals surface area contributed by atoms with Crippen LogP contribution in [0.5, 0.6) is 5.75 Å². The van der Waals surface area contributed by atoms with Gasteiger partial charge < -0.3 is 10.8 Å². The summed E-state index contributed by atoms with van der Waals surface area (Å²) in [6.07, 6.45) is -0.0218. The van der Waals surface area contributed by atoms with Crippen LogP contribution in [0.1, 0.15) is 12.0 Å². The summed E-state index contributed by atoms with van der Waals surface area (Å²) in [4.78, 5) is 10.4. The molecule has 0 heterocycles. The molecule has 1 amide bonds.